The van der Waals surface area contributed by atoms with Crippen LogP contribution in [0.3, 0.4) is 0 Å². The minimum Gasteiger partial charge on any atom is -0.497 e. The number of rotatable bonds is 8. The number of aliphatic carboxylic acids is 1. The van der Waals surface area contributed by atoms with Crippen molar-refractivity contribution in [3.05, 3.63) is 23.8 Å². The quantitative estimate of drug-likeness (QED) is 0.622. The van der Waals surface area contributed by atoms with Gasteiger partial charge in [0, 0.05) is 17.7 Å². The van der Waals surface area contributed by atoms with Crippen molar-refractivity contribution >= 4 is 17.8 Å². The smallest absolute Gasteiger partial charge is 0.306 e. The number of benzene rings is 1. The van der Waals surface area contributed by atoms with Gasteiger partial charge >= 0.3 is 5.97 Å². The first-order valence-corrected chi connectivity index (χ1v) is 9.32. The lowest BCUT2D eigenvalue weighted by Gasteiger charge is -2.24. The fourth-order valence-electron chi connectivity index (χ4n) is 3.33. The molecule has 0 bridgehead atoms. The van der Waals surface area contributed by atoms with Crippen molar-refractivity contribution in [1.29, 1.82) is 0 Å². The molecule has 1 aromatic rings. The van der Waals surface area contributed by atoms with Crippen LogP contribution in [0.25, 0.3) is 0 Å². The first-order valence-electron chi connectivity index (χ1n) is 9.32. The number of carboxylic acids is 1. The maximum absolute atomic E-state index is 12.7. The molecule has 3 atom stereocenters. The normalized spacial score (nSPS) is 19.8. The van der Waals surface area contributed by atoms with E-state index in [2.05, 4.69) is 10.6 Å². The summed E-state index contributed by atoms with van der Waals surface area (Å²) in [6.07, 6.45) is 1.57. The molecule has 0 radical (unpaired) electrons. The number of hydrogen-bond donors (Lipinski definition) is 3. The molecule has 1 fully saturated rings. The number of methoxy groups -OCH3 is 2. The van der Waals surface area contributed by atoms with Crippen LogP contribution in [0.5, 0.6) is 11.5 Å². The summed E-state index contributed by atoms with van der Waals surface area (Å²) < 4.78 is 10.4. The Labute approximate surface area is 164 Å². The molecule has 2 rings (SSSR count). The zero-order valence-corrected chi connectivity index (χ0v) is 16.7. The van der Waals surface area contributed by atoms with Crippen molar-refractivity contribution in [3.8, 4) is 11.5 Å². The van der Waals surface area contributed by atoms with Gasteiger partial charge in [-0.25, -0.2) is 0 Å². The van der Waals surface area contributed by atoms with Crippen LogP contribution in [0.15, 0.2) is 18.2 Å². The van der Waals surface area contributed by atoms with Gasteiger partial charge in [-0.2, -0.15) is 0 Å². The average molecular weight is 392 g/mol. The van der Waals surface area contributed by atoms with Crippen LogP contribution in [0.4, 0.5) is 0 Å². The lowest BCUT2D eigenvalue weighted by atomic mass is 10.0. The van der Waals surface area contributed by atoms with Crippen molar-refractivity contribution in [2.24, 2.45) is 11.8 Å². The van der Waals surface area contributed by atoms with Gasteiger partial charge in [-0.05, 0) is 37.3 Å². The number of ether oxygens (including phenoxy) is 2. The second-order valence-electron chi connectivity index (χ2n) is 7.35. The first kappa shape index (κ1) is 21.5. The van der Waals surface area contributed by atoms with E-state index in [0.29, 0.717) is 36.3 Å². The molecule has 28 heavy (non-hydrogen) atoms. The van der Waals surface area contributed by atoms with Crippen molar-refractivity contribution in [2.75, 3.05) is 14.2 Å². The van der Waals surface area contributed by atoms with Gasteiger partial charge in [0.15, 0.2) is 0 Å². The molecule has 0 spiro atoms. The molecule has 154 valence electrons. The Kier molecular flexibility index (Phi) is 7.25. The molecular formula is C20H28N2O6. The van der Waals surface area contributed by atoms with Crippen LogP contribution in [-0.2, 0) is 9.59 Å². The average Bonchev–Trinajstić information content (AvgIpc) is 3.13. The van der Waals surface area contributed by atoms with Gasteiger partial charge in [0.2, 0.25) is 5.91 Å². The topological polar surface area (TPSA) is 114 Å². The summed E-state index contributed by atoms with van der Waals surface area (Å²) in [7, 11) is 2.99. The standard InChI is InChI=1S/C20H28N2O6/c1-11(2)17(19(24)21-14-6-5-12(7-14)20(25)26)22-18(23)13-8-15(27-3)10-16(9-13)28-4/h8-12,14,17H,5-7H2,1-4H3,(H,21,24)(H,22,23)(H,25,26)/t12-,14+,17?/m0/s1. The summed E-state index contributed by atoms with van der Waals surface area (Å²) in [6, 6.07) is 3.86. The Hall–Kier alpha value is -2.77. The summed E-state index contributed by atoms with van der Waals surface area (Å²) in [4.78, 5) is 36.5. The zero-order chi connectivity index (χ0) is 20.8. The molecule has 0 aromatic heterocycles. The highest BCUT2D eigenvalue weighted by atomic mass is 16.5. The summed E-state index contributed by atoms with van der Waals surface area (Å²) in [5, 5.41) is 14.7. The maximum Gasteiger partial charge on any atom is 0.306 e. The Morgan fingerprint density at radius 1 is 1.07 bits per heavy atom. The largest absolute Gasteiger partial charge is 0.497 e. The van der Waals surface area contributed by atoms with Gasteiger partial charge in [-0.3, -0.25) is 14.4 Å². The fraction of sp³-hybridized carbons (Fsp3) is 0.550. The molecule has 1 saturated carbocycles. The monoisotopic (exact) mass is 392 g/mol. The van der Waals surface area contributed by atoms with Crippen LogP contribution in [-0.4, -0.2) is 49.2 Å². The molecule has 1 aliphatic rings. The number of carboxylic acid groups (broad SMARTS) is 1. The molecule has 1 aliphatic carbocycles. The molecule has 1 unspecified atom stereocenters. The number of amides is 2. The lowest BCUT2D eigenvalue weighted by Crippen LogP contribution is -2.51. The van der Waals surface area contributed by atoms with E-state index in [1.54, 1.807) is 18.2 Å². The van der Waals surface area contributed by atoms with Gasteiger partial charge < -0.3 is 25.2 Å². The van der Waals surface area contributed by atoms with E-state index in [1.165, 1.54) is 14.2 Å². The first-order chi connectivity index (χ1) is 13.2. The fourth-order valence-corrected chi connectivity index (χ4v) is 3.33. The van der Waals surface area contributed by atoms with E-state index >= 15 is 0 Å². The highest BCUT2D eigenvalue weighted by molar-refractivity contribution is 5.98. The van der Waals surface area contributed by atoms with Gasteiger partial charge in [0.1, 0.15) is 17.5 Å². The van der Waals surface area contributed by atoms with Crippen molar-refractivity contribution < 1.29 is 29.0 Å². The Morgan fingerprint density at radius 3 is 2.14 bits per heavy atom. The van der Waals surface area contributed by atoms with Crippen molar-refractivity contribution in [1.82, 2.24) is 10.6 Å². The van der Waals surface area contributed by atoms with Crippen molar-refractivity contribution in [2.45, 2.75) is 45.2 Å². The zero-order valence-electron chi connectivity index (χ0n) is 16.7. The van der Waals surface area contributed by atoms with E-state index in [0.717, 1.165) is 0 Å². The van der Waals surface area contributed by atoms with Crippen LogP contribution in [0.2, 0.25) is 0 Å². The number of hydrogen-bond acceptors (Lipinski definition) is 5. The third-order valence-electron chi connectivity index (χ3n) is 4.98. The van der Waals surface area contributed by atoms with Crippen LogP contribution in [0.1, 0.15) is 43.5 Å². The van der Waals surface area contributed by atoms with Crippen molar-refractivity contribution in [3.63, 3.8) is 0 Å². The molecular weight excluding hydrogens is 364 g/mol. The van der Waals surface area contributed by atoms with Gasteiger partial charge in [0.25, 0.3) is 5.91 Å². The molecule has 1 aromatic carbocycles. The van der Waals surface area contributed by atoms with Gasteiger partial charge in [0.05, 0.1) is 20.1 Å². The summed E-state index contributed by atoms with van der Waals surface area (Å²) in [6.45, 7) is 3.68. The number of carbonyl (C=O) groups is 3. The van der Waals surface area contributed by atoms with Gasteiger partial charge in [-0.1, -0.05) is 13.8 Å². The minimum absolute atomic E-state index is 0.145. The second-order valence-corrected chi connectivity index (χ2v) is 7.35. The maximum atomic E-state index is 12.7. The second kappa shape index (κ2) is 9.43. The molecule has 2 amide bonds. The van der Waals surface area contributed by atoms with E-state index in [1.807, 2.05) is 13.8 Å². The predicted octanol–water partition coefficient (Wildman–Crippen LogP) is 1.83. The van der Waals surface area contributed by atoms with Crippen LogP contribution < -0.4 is 20.1 Å². The minimum atomic E-state index is -0.836. The highest BCUT2D eigenvalue weighted by Crippen LogP contribution is 2.26. The third kappa shape index (κ3) is 5.37. The van der Waals surface area contributed by atoms with E-state index in [-0.39, 0.29) is 17.9 Å². The predicted molar refractivity (Wildman–Crippen MR) is 103 cm³/mol. The Morgan fingerprint density at radius 2 is 1.68 bits per heavy atom. The van der Waals surface area contributed by atoms with E-state index in [9.17, 15) is 14.4 Å². The Balaban J connectivity index is 2.07. The van der Waals surface area contributed by atoms with E-state index < -0.39 is 23.8 Å². The van der Waals surface area contributed by atoms with Crippen LogP contribution >= 0.6 is 0 Å². The van der Waals surface area contributed by atoms with Gasteiger partial charge in [-0.15, -0.1) is 0 Å². The third-order valence-corrected chi connectivity index (χ3v) is 4.98. The molecule has 8 heteroatoms. The molecule has 3 N–H and O–H groups in total. The summed E-state index contributed by atoms with van der Waals surface area (Å²) in [5.41, 5.74) is 0.321. The Bertz CT molecular complexity index is 711. The highest BCUT2D eigenvalue weighted by Gasteiger charge is 2.33. The summed E-state index contributed by atoms with van der Waals surface area (Å²) >= 11 is 0. The van der Waals surface area contributed by atoms with Crippen LogP contribution in [0, 0.1) is 11.8 Å². The van der Waals surface area contributed by atoms with E-state index in [4.69, 9.17) is 14.6 Å². The molecule has 0 heterocycles. The number of nitrogens with one attached hydrogen (secondary N) is 2. The lowest BCUT2D eigenvalue weighted by molar-refractivity contribution is -0.141. The SMILES string of the molecule is COc1cc(OC)cc(C(=O)NC(C(=O)N[C@@H]2CC[C@H](C(=O)O)C2)C(C)C)c1. The molecule has 0 aliphatic heterocycles. The molecule has 8 nitrogen and oxygen atoms in total. The molecule has 0 saturated heterocycles. The number of carbonyl (C=O) groups excluding carboxylic acids is 2. The summed E-state index contributed by atoms with van der Waals surface area (Å²) in [5.74, 6) is -1.19.